The van der Waals surface area contributed by atoms with Gasteiger partial charge < -0.3 is 15.0 Å². The third-order valence-electron chi connectivity index (χ3n) is 3.10. The molecule has 0 saturated heterocycles. The minimum atomic E-state index is -0.294. The third-order valence-corrected chi connectivity index (χ3v) is 3.10. The molecule has 21 heavy (non-hydrogen) atoms. The molecular weight excluding hydrogens is 266 g/mol. The first-order valence-corrected chi connectivity index (χ1v) is 7.25. The van der Waals surface area contributed by atoms with Crippen LogP contribution < -0.4 is 5.32 Å². The van der Waals surface area contributed by atoms with Crippen LogP contribution in [0.3, 0.4) is 0 Å². The fourth-order valence-corrected chi connectivity index (χ4v) is 1.73. The lowest BCUT2D eigenvalue weighted by Crippen LogP contribution is -2.37. The first-order chi connectivity index (χ1) is 10.1. The Morgan fingerprint density at radius 2 is 2.14 bits per heavy atom. The van der Waals surface area contributed by atoms with Crippen LogP contribution in [0.15, 0.2) is 35.3 Å². The van der Waals surface area contributed by atoms with Crippen LogP contribution in [0.2, 0.25) is 0 Å². The molecule has 0 spiro atoms. The van der Waals surface area contributed by atoms with Crippen molar-refractivity contribution in [2.75, 3.05) is 26.7 Å². The number of likely N-dealkylation sites (N-methyl/N-ethyl adjacent to an activating group) is 1. The van der Waals surface area contributed by atoms with Gasteiger partial charge >= 0.3 is 5.97 Å². The van der Waals surface area contributed by atoms with Gasteiger partial charge in [0.25, 0.3) is 0 Å². The summed E-state index contributed by atoms with van der Waals surface area (Å²) in [5.41, 5.74) is 1.27. The highest BCUT2D eigenvalue weighted by molar-refractivity contribution is 5.73. The molecule has 0 aliphatic carbocycles. The number of hydrogen-bond acceptors (Lipinski definition) is 4. The number of nitrogens with zero attached hydrogens (tertiary/aromatic N) is 2. The fraction of sp³-hybridized carbons (Fsp3) is 0.500. The van der Waals surface area contributed by atoms with E-state index in [0.29, 0.717) is 12.6 Å². The van der Waals surface area contributed by atoms with E-state index in [1.54, 1.807) is 13.3 Å². The Morgan fingerprint density at radius 3 is 2.81 bits per heavy atom. The Morgan fingerprint density at radius 1 is 1.43 bits per heavy atom. The maximum absolute atomic E-state index is 11.2. The number of esters is 1. The average Bonchev–Trinajstić information content (AvgIpc) is 2.48. The predicted molar refractivity (Wildman–Crippen MR) is 85.4 cm³/mol. The molecule has 1 aromatic carbocycles. The van der Waals surface area contributed by atoms with Crippen molar-refractivity contribution in [2.45, 2.75) is 26.4 Å². The van der Waals surface area contributed by atoms with Crippen molar-refractivity contribution in [3.05, 3.63) is 35.9 Å². The van der Waals surface area contributed by atoms with Gasteiger partial charge in [-0.1, -0.05) is 30.3 Å². The third kappa shape index (κ3) is 7.46. The maximum atomic E-state index is 11.2. The number of benzene rings is 1. The fourth-order valence-electron chi connectivity index (χ4n) is 1.73. The SMILES string of the molecule is CCOC(=O)CN=CN(C)C(C)CNCc1ccccc1. The molecule has 0 radical (unpaired) electrons. The van der Waals surface area contributed by atoms with Gasteiger partial charge in [0.05, 0.1) is 12.9 Å². The van der Waals surface area contributed by atoms with Gasteiger partial charge in [-0.15, -0.1) is 0 Å². The Hall–Kier alpha value is -1.88. The number of carbonyl (C=O) groups excluding carboxylic acids is 1. The lowest BCUT2D eigenvalue weighted by molar-refractivity contribution is -0.141. The molecule has 1 N–H and O–H groups in total. The molecule has 0 bridgehead atoms. The van der Waals surface area contributed by atoms with Crippen molar-refractivity contribution in [3.8, 4) is 0 Å². The van der Waals surface area contributed by atoms with Gasteiger partial charge in [-0.25, -0.2) is 0 Å². The predicted octanol–water partition coefficient (Wildman–Crippen LogP) is 1.69. The second-order valence-electron chi connectivity index (χ2n) is 4.89. The minimum Gasteiger partial charge on any atom is -0.465 e. The van der Waals surface area contributed by atoms with Crippen molar-refractivity contribution in [3.63, 3.8) is 0 Å². The van der Waals surface area contributed by atoms with Crippen molar-refractivity contribution in [2.24, 2.45) is 4.99 Å². The zero-order valence-electron chi connectivity index (χ0n) is 13.1. The lowest BCUT2D eigenvalue weighted by atomic mass is 10.2. The van der Waals surface area contributed by atoms with E-state index in [-0.39, 0.29) is 12.5 Å². The number of hydrogen-bond donors (Lipinski definition) is 1. The Balaban J connectivity index is 2.23. The van der Waals surface area contributed by atoms with Gasteiger partial charge in [0.1, 0.15) is 6.54 Å². The number of ether oxygens (including phenoxy) is 1. The molecule has 1 atom stereocenters. The first kappa shape index (κ1) is 17.2. The van der Waals surface area contributed by atoms with Gasteiger partial charge in [-0.2, -0.15) is 0 Å². The molecule has 0 aliphatic heterocycles. The van der Waals surface area contributed by atoms with Crippen molar-refractivity contribution in [1.29, 1.82) is 0 Å². The molecule has 5 heteroatoms. The Kier molecular flexibility index (Phi) is 8.12. The summed E-state index contributed by atoms with van der Waals surface area (Å²) in [7, 11) is 1.95. The molecule has 1 rings (SSSR count). The molecule has 5 nitrogen and oxygen atoms in total. The summed E-state index contributed by atoms with van der Waals surface area (Å²) in [6.07, 6.45) is 1.69. The van der Waals surface area contributed by atoms with Crippen LogP contribution in [-0.2, 0) is 16.1 Å². The van der Waals surface area contributed by atoms with Gasteiger partial charge in [0.15, 0.2) is 0 Å². The van der Waals surface area contributed by atoms with Crippen LogP contribution in [0.1, 0.15) is 19.4 Å². The summed E-state index contributed by atoms with van der Waals surface area (Å²) in [5.74, 6) is -0.294. The summed E-state index contributed by atoms with van der Waals surface area (Å²) in [6, 6.07) is 10.6. The van der Waals surface area contributed by atoms with Crippen LogP contribution >= 0.6 is 0 Å². The largest absolute Gasteiger partial charge is 0.465 e. The highest BCUT2D eigenvalue weighted by atomic mass is 16.5. The van der Waals surface area contributed by atoms with E-state index < -0.39 is 0 Å². The second-order valence-corrected chi connectivity index (χ2v) is 4.89. The number of rotatable bonds is 9. The van der Waals surface area contributed by atoms with Crippen LogP contribution in [0.25, 0.3) is 0 Å². The highest BCUT2D eigenvalue weighted by Gasteiger charge is 2.05. The summed E-state index contributed by atoms with van der Waals surface area (Å²) >= 11 is 0. The zero-order valence-corrected chi connectivity index (χ0v) is 13.1. The van der Waals surface area contributed by atoms with Crippen LogP contribution in [0.4, 0.5) is 0 Å². The number of carbonyl (C=O) groups is 1. The van der Waals surface area contributed by atoms with Gasteiger partial charge in [0.2, 0.25) is 0 Å². The van der Waals surface area contributed by atoms with Crippen molar-refractivity contribution >= 4 is 12.3 Å². The van der Waals surface area contributed by atoms with E-state index in [0.717, 1.165) is 13.1 Å². The Labute approximate surface area is 127 Å². The van der Waals surface area contributed by atoms with Crippen LogP contribution in [0, 0.1) is 0 Å². The van der Waals surface area contributed by atoms with E-state index >= 15 is 0 Å². The minimum absolute atomic E-state index is 0.0718. The molecule has 0 saturated carbocycles. The average molecular weight is 291 g/mol. The van der Waals surface area contributed by atoms with E-state index in [9.17, 15) is 4.79 Å². The molecule has 0 fully saturated rings. The lowest BCUT2D eigenvalue weighted by Gasteiger charge is -2.22. The molecule has 116 valence electrons. The van der Waals surface area contributed by atoms with Crippen LogP contribution in [-0.4, -0.2) is 50.0 Å². The quantitative estimate of drug-likeness (QED) is 0.427. The number of aliphatic imine (C=N–C) groups is 1. The van der Waals surface area contributed by atoms with E-state index in [1.165, 1.54) is 5.56 Å². The zero-order chi connectivity index (χ0) is 15.5. The Bertz CT molecular complexity index is 434. The standard InChI is InChI=1S/C16H25N3O2/c1-4-21-16(20)12-18-13-19(3)14(2)10-17-11-15-8-6-5-7-9-15/h5-9,13-14,17H,4,10-12H2,1-3H3. The van der Waals surface area contributed by atoms with E-state index in [1.807, 2.05) is 30.1 Å². The second kappa shape index (κ2) is 9.94. The monoisotopic (exact) mass is 291 g/mol. The van der Waals surface area contributed by atoms with Crippen molar-refractivity contribution < 1.29 is 9.53 Å². The van der Waals surface area contributed by atoms with E-state index in [2.05, 4.69) is 29.4 Å². The van der Waals surface area contributed by atoms with Gasteiger partial charge in [-0.3, -0.25) is 9.79 Å². The van der Waals surface area contributed by atoms with Crippen molar-refractivity contribution in [1.82, 2.24) is 10.2 Å². The van der Waals surface area contributed by atoms with Gasteiger partial charge in [-0.05, 0) is 19.4 Å². The molecule has 1 aromatic rings. The topological polar surface area (TPSA) is 53.9 Å². The highest BCUT2D eigenvalue weighted by Crippen LogP contribution is 1.98. The molecule has 0 heterocycles. The molecule has 0 aliphatic rings. The normalized spacial score (nSPS) is 12.3. The smallest absolute Gasteiger partial charge is 0.327 e. The van der Waals surface area contributed by atoms with Crippen LogP contribution in [0.5, 0.6) is 0 Å². The maximum Gasteiger partial charge on any atom is 0.327 e. The molecule has 0 amide bonds. The summed E-state index contributed by atoms with van der Waals surface area (Å²) in [5, 5.41) is 3.41. The summed E-state index contributed by atoms with van der Waals surface area (Å²) < 4.78 is 4.81. The van der Waals surface area contributed by atoms with E-state index in [4.69, 9.17) is 4.74 Å². The molecule has 0 aromatic heterocycles. The molecular formula is C16H25N3O2. The summed E-state index contributed by atoms with van der Waals surface area (Å²) in [6.45, 7) is 6.05. The van der Waals surface area contributed by atoms with Gasteiger partial charge in [0, 0.05) is 26.2 Å². The summed E-state index contributed by atoms with van der Waals surface area (Å²) in [4.78, 5) is 17.2. The molecule has 1 unspecified atom stereocenters. The number of nitrogens with one attached hydrogen (secondary N) is 1. The first-order valence-electron chi connectivity index (χ1n) is 7.25.